The summed E-state index contributed by atoms with van der Waals surface area (Å²) in [5.74, 6) is -0.0619. The van der Waals surface area contributed by atoms with Crippen LogP contribution in [0.5, 0.6) is 0 Å². The Hall–Kier alpha value is -1.43. The van der Waals surface area contributed by atoms with E-state index in [2.05, 4.69) is 5.32 Å². The maximum absolute atomic E-state index is 12.0. The molecule has 0 saturated carbocycles. The predicted molar refractivity (Wildman–Crippen MR) is 76.0 cm³/mol. The highest BCUT2D eigenvalue weighted by molar-refractivity contribution is 5.81. The normalized spacial score (nSPS) is 21.9. The van der Waals surface area contributed by atoms with Gasteiger partial charge in [-0.25, -0.2) is 0 Å². The van der Waals surface area contributed by atoms with Crippen molar-refractivity contribution in [2.24, 2.45) is 5.73 Å². The molecule has 1 heterocycles. The number of ether oxygens (including phenoxy) is 2. The fourth-order valence-electron chi connectivity index (χ4n) is 2.39. The van der Waals surface area contributed by atoms with Gasteiger partial charge in [-0.3, -0.25) is 4.79 Å². The zero-order chi connectivity index (χ0) is 14.4. The first-order chi connectivity index (χ1) is 9.74. The molecule has 2 atom stereocenters. The van der Waals surface area contributed by atoms with Crippen LogP contribution in [0, 0.1) is 0 Å². The second kappa shape index (κ2) is 7.38. The Labute approximate surface area is 119 Å². The fourth-order valence-corrected chi connectivity index (χ4v) is 2.39. The van der Waals surface area contributed by atoms with Gasteiger partial charge in [0, 0.05) is 20.2 Å². The summed E-state index contributed by atoms with van der Waals surface area (Å²) in [4.78, 5) is 12.0. The average Bonchev–Trinajstić information content (AvgIpc) is 2.95. The maximum atomic E-state index is 12.0. The van der Waals surface area contributed by atoms with E-state index in [4.69, 9.17) is 15.2 Å². The molecule has 5 nitrogen and oxygen atoms in total. The predicted octanol–water partition coefficient (Wildman–Crippen LogP) is 0.956. The lowest BCUT2D eigenvalue weighted by molar-refractivity contribution is -0.132. The van der Waals surface area contributed by atoms with Crippen LogP contribution < -0.4 is 11.1 Å². The van der Waals surface area contributed by atoms with E-state index in [1.54, 1.807) is 7.11 Å². The number of methoxy groups -OCH3 is 1. The van der Waals surface area contributed by atoms with Gasteiger partial charge in [-0.05, 0) is 24.0 Å². The van der Waals surface area contributed by atoms with Crippen molar-refractivity contribution in [3.05, 3.63) is 35.4 Å². The number of benzene rings is 1. The summed E-state index contributed by atoms with van der Waals surface area (Å²) in [6.45, 7) is 1.51. The summed E-state index contributed by atoms with van der Waals surface area (Å²) in [6.07, 6.45) is 1.26. The summed E-state index contributed by atoms with van der Waals surface area (Å²) in [5, 5.41) is 2.92. The largest absolute Gasteiger partial charge is 0.380 e. The molecule has 0 aromatic heterocycles. The third-order valence-corrected chi connectivity index (χ3v) is 3.53. The van der Waals surface area contributed by atoms with E-state index >= 15 is 0 Å². The molecule has 0 radical (unpaired) electrons. The topological polar surface area (TPSA) is 73.6 Å². The molecule has 0 bridgehead atoms. The van der Waals surface area contributed by atoms with E-state index in [1.807, 2.05) is 24.3 Å². The minimum atomic E-state index is -0.363. The molecule has 5 heteroatoms. The Kier molecular flexibility index (Phi) is 5.52. The lowest BCUT2D eigenvalue weighted by atomic mass is 10.1. The fraction of sp³-hybridized carbons (Fsp3) is 0.533. The van der Waals surface area contributed by atoms with Gasteiger partial charge in [-0.15, -0.1) is 0 Å². The molecule has 1 saturated heterocycles. The molecule has 0 unspecified atom stereocenters. The monoisotopic (exact) mass is 278 g/mol. The van der Waals surface area contributed by atoms with Crippen molar-refractivity contribution in [1.29, 1.82) is 0 Å². The van der Waals surface area contributed by atoms with E-state index in [9.17, 15) is 4.79 Å². The van der Waals surface area contributed by atoms with Crippen LogP contribution in [0.3, 0.4) is 0 Å². The number of carbonyl (C=O) groups is 1. The average molecular weight is 278 g/mol. The second-order valence-electron chi connectivity index (χ2n) is 4.98. The number of carbonyl (C=O) groups excluding carboxylic acids is 1. The van der Waals surface area contributed by atoms with Crippen LogP contribution in [0.4, 0.5) is 0 Å². The zero-order valence-electron chi connectivity index (χ0n) is 11.8. The highest BCUT2D eigenvalue weighted by atomic mass is 16.5. The van der Waals surface area contributed by atoms with Gasteiger partial charge in [-0.1, -0.05) is 24.3 Å². The van der Waals surface area contributed by atoms with Gasteiger partial charge in [0.25, 0.3) is 0 Å². The molecule has 110 valence electrons. The van der Waals surface area contributed by atoms with Crippen molar-refractivity contribution in [2.45, 2.75) is 38.2 Å². The van der Waals surface area contributed by atoms with E-state index in [0.717, 1.165) is 24.0 Å². The van der Waals surface area contributed by atoms with E-state index in [0.29, 0.717) is 19.7 Å². The van der Waals surface area contributed by atoms with Gasteiger partial charge in [0.05, 0.1) is 12.7 Å². The smallest absolute Gasteiger partial charge is 0.249 e. The van der Waals surface area contributed by atoms with Gasteiger partial charge in [-0.2, -0.15) is 0 Å². The van der Waals surface area contributed by atoms with Crippen molar-refractivity contribution < 1.29 is 14.3 Å². The Bertz CT molecular complexity index is 450. The molecule has 1 amide bonds. The second-order valence-corrected chi connectivity index (χ2v) is 4.98. The van der Waals surface area contributed by atoms with Gasteiger partial charge in [0.2, 0.25) is 5.91 Å². The third-order valence-electron chi connectivity index (χ3n) is 3.53. The van der Waals surface area contributed by atoms with Crippen LogP contribution in [-0.2, 0) is 27.4 Å². The Morgan fingerprint density at radius 2 is 2.15 bits per heavy atom. The van der Waals surface area contributed by atoms with Crippen LogP contribution in [0.2, 0.25) is 0 Å². The molecular weight excluding hydrogens is 256 g/mol. The third kappa shape index (κ3) is 3.79. The zero-order valence-corrected chi connectivity index (χ0v) is 11.8. The molecule has 0 spiro atoms. The minimum Gasteiger partial charge on any atom is -0.380 e. The minimum absolute atomic E-state index is 0.0199. The summed E-state index contributed by atoms with van der Waals surface area (Å²) in [7, 11) is 1.66. The quantitative estimate of drug-likeness (QED) is 0.812. The highest BCUT2D eigenvalue weighted by Gasteiger charge is 2.29. The molecule has 1 aromatic rings. The summed E-state index contributed by atoms with van der Waals surface area (Å²) in [6, 6.07) is 7.91. The first kappa shape index (κ1) is 15.0. The van der Waals surface area contributed by atoms with E-state index in [-0.39, 0.29) is 18.1 Å². The molecular formula is C15H22N2O3. The Balaban J connectivity index is 1.87. The van der Waals surface area contributed by atoms with Gasteiger partial charge in [0.1, 0.15) is 6.10 Å². The number of amides is 1. The van der Waals surface area contributed by atoms with Gasteiger partial charge >= 0.3 is 0 Å². The molecule has 1 aliphatic rings. The molecule has 1 fully saturated rings. The molecule has 3 N–H and O–H groups in total. The van der Waals surface area contributed by atoms with E-state index < -0.39 is 0 Å². The van der Waals surface area contributed by atoms with Crippen LogP contribution in [0.15, 0.2) is 24.3 Å². The SMILES string of the molecule is COCc1ccccc1CNC(=O)[C@@H]1CC[C@H](CN)O1. The van der Waals surface area contributed by atoms with E-state index in [1.165, 1.54) is 0 Å². The van der Waals surface area contributed by atoms with Crippen molar-refractivity contribution in [2.75, 3.05) is 13.7 Å². The Morgan fingerprint density at radius 3 is 2.80 bits per heavy atom. The van der Waals surface area contributed by atoms with Crippen LogP contribution >= 0.6 is 0 Å². The van der Waals surface area contributed by atoms with Gasteiger partial charge in [0.15, 0.2) is 0 Å². The van der Waals surface area contributed by atoms with Crippen molar-refractivity contribution in [3.63, 3.8) is 0 Å². The number of nitrogens with one attached hydrogen (secondary N) is 1. The van der Waals surface area contributed by atoms with Crippen molar-refractivity contribution in [3.8, 4) is 0 Å². The number of nitrogens with two attached hydrogens (primary N) is 1. The first-order valence-corrected chi connectivity index (χ1v) is 6.93. The number of rotatable bonds is 6. The molecule has 20 heavy (non-hydrogen) atoms. The standard InChI is InChI=1S/C15H22N2O3/c1-19-10-12-5-3-2-4-11(12)9-17-15(18)14-7-6-13(8-16)20-14/h2-5,13-14H,6-10,16H2,1H3,(H,17,18)/t13-,14+/m1/s1. The number of hydrogen-bond donors (Lipinski definition) is 2. The van der Waals surface area contributed by atoms with Crippen LogP contribution in [-0.4, -0.2) is 31.8 Å². The van der Waals surface area contributed by atoms with Crippen molar-refractivity contribution in [1.82, 2.24) is 5.32 Å². The molecule has 2 rings (SSSR count). The molecule has 1 aliphatic heterocycles. The summed E-state index contributed by atoms with van der Waals surface area (Å²) >= 11 is 0. The summed E-state index contributed by atoms with van der Waals surface area (Å²) in [5.41, 5.74) is 7.70. The van der Waals surface area contributed by atoms with Crippen LogP contribution in [0.1, 0.15) is 24.0 Å². The molecule has 0 aliphatic carbocycles. The van der Waals surface area contributed by atoms with Crippen LogP contribution in [0.25, 0.3) is 0 Å². The lowest BCUT2D eigenvalue weighted by Crippen LogP contribution is -2.35. The number of hydrogen-bond acceptors (Lipinski definition) is 4. The van der Waals surface area contributed by atoms with Gasteiger partial charge < -0.3 is 20.5 Å². The first-order valence-electron chi connectivity index (χ1n) is 6.93. The van der Waals surface area contributed by atoms with Crippen molar-refractivity contribution >= 4 is 5.91 Å². The lowest BCUT2D eigenvalue weighted by Gasteiger charge is -2.14. The maximum Gasteiger partial charge on any atom is 0.249 e. The Morgan fingerprint density at radius 1 is 1.40 bits per heavy atom. The summed E-state index contributed by atoms with van der Waals surface area (Å²) < 4.78 is 10.7. The molecule has 1 aromatic carbocycles. The highest BCUT2D eigenvalue weighted by Crippen LogP contribution is 2.19.